The fourth-order valence-corrected chi connectivity index (χ4v) is 5.60. The molecular weight excluding hydrogens is 546 g/mol. The van der Waals surface area contributed by atoms with E-state index in [1.807, 2.05) is 41.9 Å². The van der Waals surface area contributed by atoms with Gasteiger partial charge in [-0.3, -0.25) is 19.3 Å². The largest absolute Gasteiger partial charge is 0.496 e. The fraction of sp³-hybridized carbons (Fsp3) is 0.375. The number of aromatic amines is 1. The van der Waals surface area contributed by atoms with Crippen molar-refractivity contribution in [1.29, 1.82) is 0 Å². The van der Waals surface area contributed by atoms with Crippen molar-refractivity contribution in [2.45, 2.75) is 70.9 Å². The smallest absolute Gasteiger partial charge is 0.272 e. The average Bonchev–Trinajstić information content (AvgIpc) is 3.80. The van der Waals surface area contributed by atoms with Crippen LogP contribution in [-0.2, 0) is 13.0 Å². The third-order valence-electron chi connectivity index (χ3n) is 7.89. The number of fused-ring (bicyclic) bond motifs is 2. The Morgan fingerprint density at radius 3 is 2.86 bits per heavy atom. The molecule has 0 radical (unpaired) electrons. The van der Waals surface area contributed by atoms with Crippen molar-refractivity contribution in [3.63, 3.8) is 0 Å². The molecule has 0 bridgehead atoms. The van der Waals surface area contributed by atoms with Crippen LogP contribution in [0.2, 0.25) is 0 Å². The van der Waals surface area contributed by atoms with E-state index in [0.29, 0.717) is 36.5 Å². The lowest BCUT2D eigenvalue weighted by Crippen LogP contribution is -2.30. The number of aryl methyl sites for hydroxylation is 3. The first kappa shape index (κ1) is 28.3. The highest BCUT2D eigenvalue weighted by Gasteiger charge is 2.23. The van der Waals surface area contributed by atoms with E-state index in [1.54, 1.807) is 13.3 Å². The molecule has 1 aromatic carbocycles. The van der Waals surface area contributed by atoms with Gasteiger partial charge >= 0.3 is 0 Å². The Kier molecular flexibility index (Phi) is 8.30. The molecule has 5 aromatic rings. The first-order chi connectivity index (χ1) is 21.0. The Morgan fingerprint density at radius 2 is 2.05 bits per heavy atom. The van der Waals surface area contributed by atoms with Gasteiger partial charge in [-0.1, -0.05) is 18.9 Å². The van der Waals surface area contributed by atoms with Gasteiger partial charge in [-0.05, 0) is 57.2 Å². The summed E-state index contributed by atoms with van der Waals surface area (Å²) in [7, 11) is 1.64. The molecule has 1 amide bonds. The van der Waals surface area contributed by atoms with Crippen molar-refractivity contribution in [2.24, 2.45) is 0 Å². The maximum atomic E-state index is 13.4. The van der Waals surface area contributed by atoms with Gasteiger partial charge in [-0.2, -0.15) is 5.10 Å². The molecule has 4 aromatic heterocycles. The number of unbranched alkanes of at least 4 members (excludes halogenated alkanes) is 2. The second-order valence-corrected chi connectivity index (χ2v) is 11.0. The van der Waals surface area contributed by atoms with Crippen LogP contribution in [-0.4, -0.2) is 48.5 Å². The molecule has 0 spiro atoms. The molecule has 222 valence electrons. The maximum Gasteiger partial charge on any atom is 0.272 e. The molecule has 0 fully saturated rings. The minimum atomic E-state index is -0.377. The summed E-state index contributed by atoms with van der Waals surface area (Å²) in [6.45, 7) is 2.80. The minimum Gasteiger partial charge on any atom is -0.496 e. The zero-order valence-electron chi connectivity index (χ0n) is 24.4. The zero-order chi connectivity index (χ0) is 29.8. The zero-order valence-corrected chi connectivity index (χ0v) is 24.4. The number of benzene rings is 1. The fourth-order valence-electron chi connectivity index (χ4n) is 5.60. The van der Waals surface area contributed by atoms with Crippen molar-refractivity contribution in [2.75, 3.05) is 7.11 Å². The summed E-state index contributed by atoms with van der Waals surface area (Å²) in [5, 5.41) is 8.72. The van der Waals surface area contributed by atoms with E-state index in [1.165, 1.54) is 12.5 Å². The predicted molar refractivity (Wildman–Crippen MR) is 160 cm³/mol. The third kappa shape index (κ3) is 6.35. The number of nitrogens with zero attached hydrogens (tertiary/aromatic N) is 5. The number of pyridine rings is 1. The molecule has 6 rings (SSSR count). The molecule has 1 aliphatic heterocycles. The van der Waals surface area contributed by atoms with Gasteiger partial charge in [0, 0.05) is 41.4 Å². The quantitative estimate of drug-likeness (QED) is 0.140. The van der Waals surface area contributed by atoms with Crippen LogP contribution in [0, 0.1) is 6.92 Å². The molecule has 43 heavy (non-hydrogen) atoms. The second kappa shape index (κ2) is 12.6. The first-order valence-electron chi connectivity index (χ1n) is 14.8. The number of hydrogen-bond donors (Lipinski definition) is 2. The molecule has 0 saturated heterocycles. The summed E-state index contributed by atoms with van der Waals surface area (Å²) in [5.74, 6) is 1.14. The van der Waals surface area contributed by atoms with Gasteiger partial charge < -0.3 is 19.5 Å². The standard InChI is InChI=1S/C32H35N7O4/c1-20-11-12-21-16-23(29(42-2)18-25(21)35-20)27-19-34-30(36-27)24(9-4-3-5-10-28(40)32-33-13-15-43-32)37-31(41)26-17-22-8-6-7-14-39(22)38-26/h11-13,15-19,24H,3-10,14H2,1-2H3,(H,34,36)(H,37,41). The lowest BCUT2D eigenvalue weighted by molar-refractivity contribution is 0.0925. The van der Waals surface area contributed by atoms with Crippen LogP contribution in [0.4, 0.5) is 0 Å². The highest BCUT2D eigenvalue weighted by Crippen LogP contribution is 2.34. The number of amides is 1. The number of methoxy groups -OCH3 is 1. The van der Waals surface area contributed by atoms with Crippen molar-refractivity contribution in [3.05, 3.63) is 77.8 Å². The lowest BCUT2D eigenvalue weighted by Gasteiger charge is -2.16. The highest BCUT2D eigenvalue weighted by molar-refractivity contribution is 5.93. The summed E-state index contributed by atoms with van der Waals surface area (Å²) in [6.07, 6.45) is 11.0. The minimum absolute atomic E-state index is 0.107. The number of imidazole rings is 1. The summed E-state index contributed by atoms with van der Waals surface area (Å²) in [6, 6.07) is 9.50. The van der Waals surface area contributed by atoms with Crippen LogP contribution in [0.25, 0.3) is 22.2 Å². The van der Waals surface area contributed by atoms with E-state index in [-0.39, 0.29) is 23.6 Å². The average molecular weight is 582 g/mol. The van der Waals surface area contributed by atoms with E-state index in [0.717, 1.165) is 72.2 Å². The Labute approximate surface area is 249 Å². The normalized spacial score (nSPS) is 13.5. The molecule has 2 N–H and O–H groups in total. The van der Waals surface area contributed by atoms with Crippen LogP contribution in [0.1, 0.15) is 89.4 Å². The molecule has 0 saturated carbocycles. The Balaban J connectivity index is 1.20. The molecule has 11 heteroatoms. The summed E-state index contributed by atoms with van der Waals surface area (Å²) >= 11 is 0. The van der Waals surface area contributed by atoms with Crippen molar-refractivity contribution in [3.8, 4) is 17.0 Å². The van der Waals surface area contributed by atoms with Crippen molar-refractivity contribution < 1.29 is 18.7 Å². The van der Waals surface area contributed by atoms with Gasteiger partial charge in [0.2, 0.25) is 5.78 Å². The number of rotatable bonds is 12. The lowest BCUT2D eigenvalue weighted by atomic mass is 10.0. The van der Waals surface area contributed by atoms with Crippen LogP contribution in [0.3, 0.4) is 0 Å². The number of carbonyl (C=O) groups is 2. The number of Topliss-reactive ketones (excluding diaryl/α,β-unsaturated/α-hetero) is 1. The number of nitrogens with one attached hydrogen (secondary N) is 2. The van der Waals surface area contributed by atoms with Crippen molar-refractivity contribution >= 4 is 22.6 Å². The monoisotopic (exact) mass is 581 g/mol. The Morgan fingerprint density at radius 1 is 1.14 bits per heavy atom. The summed E-state index contributed by atoms with van der Waals surface area (Å²) in [4.78, 5) is 42.3. The highest BCUT2D eigenvalue weighted by atomic mass is 16.5. The van der Waals surface area contributed by atoms with Crippen LogP contribution < -0.4 is 10.1 Å². The van der Waals surface area contributed by atoms with Crippen LogP contribution in [0.5, 0.6) is 5.75 Å². The Hall–Kier alpha value is -4.80. The number of aromatic nitrogens is 6. The maximum absolute atomic E-state index is 13.4. The number of ether oxygens (including phenoxy) is 1. The van der Waals surface area contributed by atoms with E-state index in [4.69, 9.17) is 14.1 Å². The number of H-pyrrole nitrogens is 1. The summed E-state index contributed by atoms with van der Waals surface area (Å²) in [5.41, 5.74) is 4.94. The predicted octanol–water partition coefficient (Wildman–Crippen LogP) is 5.77. The first-order valence-corrected chi connectivity index (χ1v) is 14.8. The van der Waals surface area contributed by atoms with E-state index in [9.17, 15) is 9.59 Å². The summed E-state index contributed by atoms with van der Waals surface area (Å²) < 4.78 is 12.8. The number of oxazole rings is 1. The van der Waals surface area contributed by atoms with Gasteiger partial charge in [-0.25, -0.2) is 9.97 Å². The van der Waals surface area contributed by atoms with Gasteiger partial charge in [0.1, 0.15) is 23.5 Å². The van der Waals surface area contributed by atoms with Gasteiger partial charge in [0.15, 0.2) is 0 Å². The SMILES string of the molecule is COc1cc2nc(C)ccc2cc1-c1cnc(C(CCCCCC(=O)c2ncco2)NC(=O)c2cc3n(n2)CCCC3)[nH]1. The number of hydrogen-bond acceptors (Lipinski definition) is 8. The second-order valence-electron chi connectivity index (χ2n) is 11.0. The van der Waals surface area contributed by atoms with Gasteiger partial charge in [0.25, 0.3) is 11.8 Å². The van der Waals surface area contributed by atoms with Gasteiger partial charge in [0.05, 0.1) is 36.8 Å². The topological polar surface area (TPSA) is 141 Å². The Bertz CT molecular complexity index is 1710. The van der Waals surface area contributed by atoms with Crippen LogP contribution in [0.15, 0.2) is 53.4 Å². The van der Waals surface area contributed by atoms with Crippen molar-refractivity contribution in [1.82, 2.24) is 35.0 Å². The van der Waals surface area contributed by atoms with E-state index < -0.39 is 0 Å². The molecule has 11 nitrogen and oxygen atoms in total. The number of carbonyl (C=O) groups excluding carboxylic acids is 2. The van der Waals surface area contributed by atoms with Gasteiger partial charge in [-0.15, -0.1) is 0 Å². The molecule has 0 aliphatic carbocycles. The molecular formula is C32H35N7O4. The van der Waals surface area contributed by atoms with E-state index >= 15 is 0 Å². The number of ketones is 1. The third-order valence-corrected chi connectivity index (χ3v) is 7.89. The van der Waals surface area contributed by atoms with E-state index in [2.05, 4.69) is 25.4 Å². The molecule has 1 atom stereocenters. The molecule has 1 unspecified atom stereocenters. The molecule has 1 aliphatic rings. The molecule has 5 heterocycles. The van der Waals surface area contributed by atoms with Crippen LogP contribution >= 0.6 is 0 Å².